The summed E-state index contributed by atoms with van der Waals surface area (Å²) in [5, 5.41) is 5.98. The highest BCUT2D eigenvalue weighted by Crippen LogP contribution is 2.30. The van der Waals surface area contributed by atoms with Crippen LogP contribution in [-0.4, -0.2) is 59.7 Å². The minimum atomic E-state index is -2.37. The number of ether oxygens (including phenoxy) is 1. The zero-order chi connectivity index (χ0) is 21.3. The third kappa shape index (κ3) is 4.80. The predicted octanol–water partition coefficient (Wildman–Crippen LogP) is 3.76. The lowest BCUT2D eigenvalue weighted by Gasteiger charge is -2.40. The number of hydrogen-bond acceptors (Lipinski definition) is 5. The van der Waals surface area contributed by atoms with Crippen LogP contribution in [0.1, 0.15) is 32.6 Å². The molecule has 2 heterocycles. The summed E-state index contributed by atoms with van der Waals surface area (Å²) in [7, 11) is 0. The molecule has 1 unspecified atom stereocenters. The Morgan fingerprint density at radius 3 is 2.63 bits per heavy atom. The molecule has 1 aromatic heterocycles. The molecule has 30 heavy (non-hydrogen) atoms. The second-order valence-corrected chi connectivity index (χ2v) is 8.92. The highest BCUT2D eigenvalue weighted by molar-refractivity contribution is 7.16. The van der Waals surface area contributed by atoms with E-state index in [0.29, 0.717) is 24.4 Å². The summed E-state index contributed by atoms with van der Waals surface area (Å²) in [5.41, 5.74) is 2.28. The van der Waals surface area contributed by atoms with Crippen LogP contribution >= 0.6 is 11.3 Å². The van der Waals surface area contributed by atoms with E-state index in [1.54, 1.807) is 10.4 Å². The van der Waals surface area contributed by atoms with Crippen LogP contribution in [0.15, 0.2) is 17.6 Å². The Balaban J connectivity index is 1.20. The van der Waals surface area contributed by atoms with Gasteiger partial charge in [0.1, 0.15) is 23.2 Å². The zero-order valence-electron chi connectivity index (χ0n) is 16.6. The van der Waals surface area contributed by atoms with Gasteiger partial charge in [0.05, 0.1) is 29.3 Å². The summed E-state index contributed by atoms with van der Waals surface area (Å²) in [6.45, 7) is 2.34. The number of aromatic nitrogens is 1. The molecule has 2 aromatic rings. The van der Waals surface area contributed by atoms with Gasteiger partial charge in [-0.3, -0.25) is 0 Å². The topological polar surface area (TPSA) is 66.5 Å². The number of carbonyl (C=O) groups excluding carboxylic acids is 1. The second-order valence-electron chi connectivity index (χ2n) is 8.04. The molecule has 1 saturated carbocycles. The molecule has 10 heteroatoms. The second kappa shape index (κ2) is 8.97. The van der Waals surface area contributed by atoms with Crippen molar-refractivity contribution >= 4 is 27.6 Å². The van der Waals surface area contributed by atoms with Crippen molar-refractivity contribution in [1.82, 2.24) is 20.5 Å². The molecule has 2 aliphatic rings. The lowest BCUT2D eigenvalue weighted by Crippen LogP contribution is -2.60. The first kappa shape index (κ1) is 21.2. The number of thiazole rings is 1. The lowest BCUT2D eigenvalue weighted by molar-refractivity contribution is 0.0433. The van der Waals surface area contributed by atoms with Crippen molar-refractivity contribution in [2.45, 2.75) is 63.3 Å². The summed E-state index contributed by atoms with van der Waals surface area (Å²) < 4.78 is 45.6. The van der Waals surface area contributed by atoms with Crippen LogP contribution in [0.3, 0.4) is 0 Å². The molecule has 0 bridgehead atoms. The molecule has 2 amide bonds. The van der Waals surface area contributed by atoms with Crippen molar-refractivity contribution in [3.63, 3.8) is 0 Å². The number of hydrogen-bond donors (Lipinski definition) is 2. The van der Waals surface area contributed by atoms with Crippen LogP contribution in [0.4, 0.5) is 18.0 Å². The SMILES string of the molecule is CC(NC1CCC(NC(=O)N2CC(Oc3cc(F)cc4scnc34)C2)CC1)C(F)F. The minimum Gasteiger partial charge on any atom is -0.484 e. The van der Waals surface area contributed by atoms with E-state index < -0.39 is 12.5 Å². The molecule has 1 aromatic carbocycles. The van der Waals surface area contributed by atoms with Crippen LogP contribution in [0.25, 0.3) is 10.2 Å². The molecule has 1 atom stereocenters. The Hall–Kier alpha value is -2.07. The normalized spacial score (nSPS) is 23.4. The van der Waals surface area contributed by atoms with Crippen molar-refractivity contribution in [1.29, 1.82) is 0 Å². The molecule has 6 nitrogen and oxygen atoms in total. The van der Waals surface area contributed by atoms with Gasteiger partial charge in [-0.05, 0) is 38.7 Å². The molecule has 2 fully saturated rings. The number of amides is 2. The maximum absolute atomic E-state index is 13.7. The smallest absolute Gasteiger partial charge is 0.317 e. The van der Waals surface area contributed by atoms with Gasteiger partial charge in [0.25, 0.3) is 6.43 Å². The number of halogens is 3. The Labute approximate surface area is 176 Å². The van der Waals surface area contributed by atoms with E-state index in [9.17, 15) is 18.0 Å². The van der Waals surface area contributed by atoms with Gasteiger partial charge in [-0.25, -0.2) is 22.9 Å². The highest BCUT2D eigenvalue weighted by Gasteiger charge is 2.34. The Bertz CT molecular complexity index is 882. The van der Waals surface area contributed by atoms with Gasteiger partial charge in [-0.2, -0.15) is 0 Å². The first-order valence-corrected chi connectivity index (χ1v) is 11.1. The molecule has 0 radical (unpaired) electrons. The molecule has 1 aliphatic heterocycles. The molecule has 164 valence electrons. The van der Waals surface area contributed by atoms with E-state index >= 15 is 0 Å². The van der Waals surface area contributed by atoms with Crippen molar-refractivity contribution in [2.75, 3.05) is 13.1 Å². The summed E-state index contributed by atoms with van der Waals surface area (Å²) >= 11 is 1.35. The van der Waals surface area contributed by atoms with E-state index in [4.69, 9.17) is 4.74 Å². The van der Waals surface area contributed by atoms with Gasteiger partial charge in [-0.1, -0.05) is 0 Å². The predicted molar refractivity (Wildman–Crippen MR) is 109 cm³/mol. The molecule has 0 spiro atoms. The number of carbonyl (C=O) groups is 1. The fourth-order valence-corrected chi connectivity index (χ4v) is 4.68. The maximum atomic E-state index is 13.7. The van der Waals surface area contributed by atoms with Gasteiger partial charge in [0.15, 0.2) is 0 Å². The van der Waals surface area contributed by atoms with Crippen molar-refractivity contribution < 1.29 is 22.7 Å². The fourth-order valence-electron chi connectivity index (χ4n) is 3.97. The van der Waals surface area contributed by atoms with Crippen molar-refractivity contribution in [3.8, 4) is 5.75 Å². The Kier molecular flexibility index (Phi) is 6.33. The monoisotopic (exact) mass is 442 g/mol. The summed E-state index contributed by atoms with van der Waals surface area (Å²) in [6, 6.07) is 1.91. The average Bonchev–Trinajstić information content (AvgIpc) is 3.14. The largest absolute Gasteiger partial charge is 0.484 e. The minimum absolute atomic E-state index is 0.0511. The molecule has 2 N–H and O–H groups in total. The quantitative estimate of drug-likeness (QED) is 0.715. The number of fused-ring (bicyclic) bond motifs is 1. The van der Waals surface area contributed by atoms with E-state index in [0.717, 1.165) is 30.4 Å². The van der Waals surface area contributed by atoms with Gasteiger partial charge in [0.2, 0.25) is 0 Å². The summed E-state index contributed by atoms with van der Waals surface area (Å²) in [4.78, 5) is 18.3. The number of urea groups is 1. The third-order valence-electron chi connectivity index (χ3n) is 5.73. The number of alkyl halides is 2. The van der Waals surface area contributed by atoms with Crippen LogP contribution in [0, 0.1) is 5.82 Å². The summed E-state index contributed by atoms with van der Waals surface area (Å²) in [6.07, 6.45) is 0.478. The van der Waals surface area contributed by atoms with Gasteiger partial charge in [0, 0.05) is 18.2 Å². The van der Waals surface area contributed by atoms with Gasteiger partial charge >= 0.3 is 6.03 Å². The van der Waals surface area contributed by atoms with Crippen LogP contribution < -0.4 is 15.4 Å². The maximum Gasteiger partial charge on any atom is 0.317 e. The van der Waals surface area contributed by atoms with Crippen molar-refractivity contribution in [2.24, 2.45) is 0 Å². The summed E-state index contributed by atoms with van der Waals surface area (Å²) in [5.74, 6) is 0.0314. The average molecular weight is 443 g/mol. The fraction of sp³-hybridized carbons (Fsp3) is 0.600. The Morgan fingerprint density at radius 2 is 1.93 bits per heavy atom. The number of benzene rings is 1. The van der Waals surface area contributed by atoms with E-state index in [-0.39, 0.29) is 30.0 Å². The first-order valence-electron chi connectivity index (χ1n) is 10.2. The highest BCUT2D eigenvalue weighted by atomic mass is 32.1. The van der Waals surface area contributed by atoms with Crippen LogP contribution in [0.5, 0.6) is 5.75 Å². The molecular formula is C20H25F3N4O2S. The van der Waals surface area contributed by atoms with Gasteiger partial charge in [-0.15, -0.1) is 11.3 Å². The zero-order valence-corrected chi connectivity index (χ0v) is 17.4. The number of nitrogens with one attached hydrogen (secondary N) is 2. The van der Waals surface area contributed by atoms with Gasteiger partial charge < -0.3 is 20.3 Å². The standard InChI is InChI=1S/C20H25F3N4O2S/c1-11(19(22)23)25-13-2-4-14(5-3-13)26-20(28)27-8-15(9-27)29-16-6-12(21)7-17-18(16)24-10-30-17/h6-7,10-11,13-15,19,25H,2-5,8-9H2,1H3,(H,26,28). The molecule has 1 saturated heterocycles. The van der Waals surface area contributed by atoms with Crippen molar-refractivity contribution in [3.05, 3.63) is 23.5 Å². The number of nitrogens with zero attached hydrogens (tertiary/aromatic N) is 2. The molecular weight excluding hydrogens is 417 g/mol. The number of rotatable bonds is 6. The lowest BCUT2D eigenvalue weighted by atomic mass is 9.91. The van der Waals surface area contributed by atoms with E-state index in [1.165, 1.54) is 30.4 Å². The van der Waals surface area contributed by atoms with E-state index in [1.807, 2.05) is 0 Å². The third-order valence-corrected chi connectivity index (χ3v) is 6.50. The Morgan fingerprint density at radius 1 is 1.23 bits per heavy atom. The first-order chi connectivity index (χ1) is 14.4. The van der Waals surface area contributed by atoms with Crippen LogP contribution in [-0.2, 0) is 0 Å². The van der Waals surface area contributed by atoms with Crippen LogP contribution in [0.2, 0.25) is 0 Å². The van der Waals surface area contributed by atoms with E-state index in [2.05, 4.69) is 15.6 Å². The number of likely N-dealkylation sites (tertiary alicyclic amines) is 1. The molecule has 1 aliphatic carbocycles. The molecule has 4 rings (SSSR count).